The summed E-state index contributed by atoms with van der Waals surface area (Å²) < 4.78 is 11.7. The molecule has 1 aliphatic heterocycles. The molecule has 1 heterocycles. The first-order valence-electron chi connectivity index (χ1n) is 4.66. The average molecular weight is 221 g/mol. The van der Waals surface area contributed by atoms with E-state index < -0.39 is 42.9 Å². The van der Waals surface area contributed by atoms with Crippen LogP contribution in [0.5, 0.6) is 0 Å². The van der Waals surface area contributed by atoms with Crippen LogP contribution in [0.15, 0.2) is 6.05 Å². The van der Waals surface area contributed by atoms with Crippen LogP contribution >= 0.6 is 0 Å². The van der Waals surface area contributed by atoms with Gasteiger partial charge in [0, 0.05) is 0 Å². The Hall–Kier alpha value is -0.790. The van der Waals surface area contributed by atoms with Gasteiger partial charge in [0.05, 0.1) is 14.0 Å². The number of hydrogen-bond acceptors (Lipinski definition) is 7. The normalized spacial score (nSPS) is 46.9. The summed E-state index contributed by atoms with van der Waals surface area (Å²) in [5, 5.41) is 46.5. The molecule has 0 spiro atoms. The molecule has 5 atom stereocenters. The highest BCUT2D eigenvalue weighted by Crippen LogP contribution is 2.28. The highest BCUT2D eigenvalue weighted by molar-refractivity contribution is 5.47. The maximum absolute atomic E-state index is 10.2. The van der Waals surface area contributed by atoms with E-state index in [0.717, 1.165) is 5.94 Å². The van der Waals surface area contributed by atoms with Crippen molar-refractivity contribution in [1.29, 1.82) is 0 Å². The van der Waals surface area contributed by atoms with Crippen molar-refractivity contribution in [3.8, 4) is 0 Å². The van der Waals surface area contributed by atoms with Crippen LogP contribution in [0.3, 0.4) is 0 Å². The molecule has 7 nitrogen and oxygen atoms in total. The molecule has 0 aromatic carbocycles. The van der Waals surface area contributed by atoms with Crippen LogP contribution in [-0.4, -0.2) is 68.3 Å². The average Bonchev–Trinajstić information content (AvgIpc) is 2.30. The molecule has 0 amide bonds. The lowest BCUT2D eigenvalue weighted by molar-refractivity contribution is -0.326. The molecule has 86 valence electrons. The first-order chi connectivity index (χ1) is 7.38. The van der Waals surface area contributed by atoms with Crippen molar-refractivity contribution in [1.82, 2.24) is 0 Å². The molecule has 0 saturated carbocycles. The molecule has 7 heteroatoms. The van der Waals surface area contributed by atoms with Gasteiger partial charge in [-0.25, -0.2) is 4.79 Å². The van der Waals surface area contributed by atoms with Crippen molar-refractivity contribution in [2.75, 3.05) is 6.61 Å². The van der Waals surface area contributed by atoms with E-state index in [1.54, 1.807) is 0 Å². The Balaban J connectivity index is 3.08. The van der Waals surface area contributed by atoms with Gasteiger partial charge in [-0.1, -0.05) is 0 Å². The Morgan fingerprint density at radius 2 is 2.07 bits per heavy atom. The zero-order chi connectivity index (χ0) is 12.5. The second-order valence-corrected chi connectivity index (χ2v) is 3.19. The molecule has 1 saturated heterocycles. The fourth-order valence-electron chi connectivity index (χ4n) is 1.33. The molecule has 1 aliphatic rings. The Morgan fingerprint density at radius 1 is 1.47 bits per heavy atom. The van der Waals surface area contributed by atoms with Gasteiger partial charge in [0.2, 0.25) is 5.79 Å². The zero-order valence-electron chi connectivity index (χ0n) is 8.57. The van der Waals surface area contributed by atoms with Crippen LogP contribution in [0.1, 0.15) is 1.37 Å². The van der Waals surface area contributed by atoms with Crippen molar-refractivity contribution in [3.63, 3.8) is 0 Å². The molecular weight excluding hydrogens is 208 g/mol. The molecule has 0 aromatic heterocycles. The van der Waals surface area contributed by atoms with Gasteiger partial charge in [-0.3, -0.25) is 0 Å². The Labute approximate surface area is 86.2 Å². The van der Waals surface area contributed by atoms with Crippen LogP contribution in [0.2, 0.25) is 0 Å². The first kappa shape index (κ1) is 10.7. The smallest absolute Gasteiger partial charge is 0.226 e. The van der Waals surface area contributed by atoms with Crippen molar-refractivity contribution < 1.29 is 36.4 Å². The van der Waals surface area contributed by atoms with Crippen LogP contribution in [0.25, 0.3) is 0 Å². The van der Waals surface area contributed by atoms with E-state index in [1.807, 2.05) is 0 Å². The number of aliphatic hydroxyl groups excluding tert-OH is 4. The summed E-state index contributed by atoms with van der Waals surface area (Å²) in [5.41, 5.74) is 0. The Bertz CT molecular complexity index is 314. The predicted molar refractivity (Wildman–Crippen MR) is 45.2 cm³/mol. The standard InChI is InChI=1S/C8H12O7/c9-2-1-8(14)7(13)6(12)5(11)4(3-10)15-8/h1,4-7,10-14H,3H2/t4-,5-,6+,7-,8?/m1/s1/i1D. The Kier molecular flexibility index (Phi) is 3.13. The molecule has 1 unspecified atom stereocenters. The lowest BCUT2D eigenvalue weighted by Crippen LogP contribution is -2.64. The van der Waals surface area contributed by atoms with E-state index in [2.05, 4.69) is 4.74 Å². The van der Waals surface area contributed by atoms with E-state index >= 15 is 0 Å². The first-order valence-corrected chi connectivity index (χ1v) is 4.16. The number of ether oxygens (including phenoxy) is 1. The molecule has 0 aliphatic carbocycles. The fourth-order valence-corrected chi connectivity index (χ4v) is 1.33. The van der Waals surface area contributed by atoms with E-state index in [0.29, 0.717) is 0 Å². The fraction of sp³-hybridized carbons (Fsp3) is 0.750. The van der Waals surface area contributed by atoms with Crippen LogP contribution < -0.4 is 0 Å². The van der Waals surface area contributed by atoms with Crippen LogP contribution in [-0.2, 0) is 9.53 Å². The van der Waals surface area contributed by atoms with Gasteiger partial charge in [-0.05, 0) is 0 Å². The minimum absolute atomic E-state index is 0.764. The quantitative estimate of drug-likeness (QED) is 0.306. The van der Waals surface area contributed by atoms with Gasteiger partial charge in [-0.2, -0.15) is 0 Å². The third-order valence-corrected chi connectivity index (χ3v) is 2.20. The van der Waals surface area contributed by atoms with Crippen LogP contribution in [0, 0.1) is 0 Å². The molecule has 1 fully saturated rings. The molecule has 15 heavy (non-hydrogen) atoms. The summed E-state index contributed by atoms with van der Waals surface area (Å²) in [5.74, 6) is -1.77. The summed E-state index contributed by atoms with van der Waals surface area (Å²) in [4.78, 5) is 10.2. The van der Waals surface area contributed by atoms with Gasteiger partial charge >= 0.3 is 0 Å². The van der Waals surface area contributed by atoms with Gasteiger partial charge in [0.15, 0.2) is 0 Å². The van der Waals surface area contributed by atoms with Crippen LogP contribution in [0.4, 0.5) is 0 Å². The number of hydrogen-bond donors (Lipinski definition) is 5. The van der Waals surface area contributed by atoms with E-state index in [-0.39, 0.29) is 0 Å². The van der Waals surface area contributed by atoms with Crippen molar-refractivity contribution in [2.45, 2.75) is 30.2 Å². The molecule has 1 rings (SSSR count). The predicted octanol–water partition coefficient (Wildman–Crippen LogP) is -3.46. The third-order valence-electron chi connectivity index (χ3n) is 2.20. The number of aliphatic hydroxyl groups is 5. The zero-order valence-corrected chi connectivity index (χ0v) is 7.57. The molecule has 5 N–H and O–H groups in total. The summed E-state index contributed by atoms with van der Waals surface area (Å²) in [7, 11) is 0. The lowest BCUT2D eigenvalue weighted by Gasteiger charge is -2.43. The highest BCUT2D eigenvalue weighted by atomic mass is 16.7. The summed E-state index contributed by atoms with van der Waals surface area (Å²) in [6.45, 7) is -0.764. The summed E-state index contributed by atoms with van der Waals surface area (Å²) in [6, 6.07) is -1.13. The summed E-state index contributed by atoms with van der Waals surface area (Å²) in [6.07, 6.45) is -7.00. The third kappa shape index (κ3) is 2.09. The Morgan fingerprint density at radius 3 is 2.53 bits per heavy atom. The molecule has 0 aromatic rings. The maximum atomic E-state index is 10.2. The van der Waals surface area contributed by atoms with Gasteiger partial charge < -0.3 is 30.3 Å². The van der Waals surface area contributed by atoms with Crippen molar-refractivity contribution in [2.24, 2.45) is 0 Å². The van der Waals surface area contributed by atoms with Crippen molar-refractivity contribution >= 4 is 5.94 Å². The van der Waals surface area contributed by atoms with E-state index in [1.165, 1.54) is 0 Å². The number of carbonyl (C=O) groups excluding carboxylic acids is 1. The van der Waals surface area contributed by atoms with E-state index in [4.69, 9.17) is 6.48 Å². The topological polar surface area (TPSA) is 127 Å². The molecular formula is C8H12O7. The minimum Gasteiger partial charge on any atom is -0.394 e. The number of rotatable bonds is 2. The minimum atomic E-state index is -2.78. The largest absolute Gasteiger partial charge is 0.394 e. The van der Waals surface area contributed by atoms with Gasteiger partial charge in [0.25, 0.3) is 0 Å². The monoisotopic (exact) mass is 221 g/mol. The lowest BCUT2D eigenvalue weighted by atomic mass is 9.93. The van der Waals surface area contributed by atoms with Gasteiger partial charge in [-0.15, -0.1) is 0 Å². The maximum Gasteiger partial charge on any atom is 0.226 e. The SMILES string of the molecule is [2H]C(=C=O)C1(O)O[C@H](CO)[C@@H](O)[C@H](O)[C@H]1O. The second-order valence-electron chi connectivity index (χ2n) is 3.19. The van der Waals surface area contributed by atoms with Crippen molar-refractivity contribution in [3.05, 3.63) is 6.05 Å². The molecule has 0 bridgehead atoms. The van der Waals surface area contributed by atoms with Gasteiger partial charge in [0.1, 0.15) is 30.4 Å². The summed E-state index contributed by atoms with van der Waals surface area (Å²) >= 11 is 0. The van der Waals surface area contributed by atoms with E-state index in [9.17, 15) is 25.2 Å². The second kappa shape index (κ2) is 4.38. The molecule has 0 radical (unpaired) electrons. The highest BCUT2D eigenvalue weighted by Gasteiger charge is 2.51.